The van der Waals surface area contributed by atoms with Crippen molar-refractivity contribution in [3.63, 3.8) is 0 Å². The highest BCUT2D eigenvalue weighted by molar-refractivity contribution is 5.87. The average molecular weight is 421 g/mol. The summed E-state index contributed by atoms with van der Waals surface area (Å²) in [6.45, 7) is -1.11. The van der Waals surface area contributed by atoms with Crippen LogP contribution in [-0.4, -0.2) is 82.0 Å². The summed E-state index contributed by atoms with van der Waals surface area (Å²) in [6.07, 6.45) is -3.08. The van der Waals surface area contributed by atoms with Crippen molar-refractivity contribution in [3.8, 4) is 11.8 Å². The lowest BCUT2D eigenvalue weighted by Gasteiger charge is -2.39. The van der Waals surface area contributed by atoms with Gasteiger partial charge in [-0.3, -0.25) is 0 Å². The number of aliphatic hydroxyl groups is 4. The van der Waals surface area contributed by atoms with Gasteiger partial charge >= 0.3 is 5.97 Å². The summed E-state index contributed by atoms with van der Waals surface area (Å²) >= 11 is 0. The van der Waals surface area contributed by atoms with Crippen LogP contribution in [0, 0.1) is 11.3 Å². The summed E-state index contributed by atoms with van der Waals surface area (Å²) < 4.78 is 15.4. The number of aliphatic hydroxyl groups excluding tert-OH is 4. The molecule has 5 atom stereocenters. The number of rotatable bonds is 8. The van der Waals surface area contributed by atoms with Gasteiger partial charge in [0.1, 0.15) is 36.8 Å². The molecule has 0 saturated carbocycles. The Bertz CT molecular complexity index is 797. The van der Waals surface area contributed by atoms with Crippen molar-refractivity contribution in [3.05, 3.63) is 47.6 Å². The van der Waals surface area contributed by atoms with Gasteiger partial charge in [-0.1, -0.05) is 12.1 Å². The molecule has 10 nitrogen and oxygen atoms in total. The highest BCUT2D eigenvalue weighted by Gasteiger charge is 2.43. The minimum atomic E-state index is -1.57. The van der Waals surface area contributed by atoms with Crippen LogP contribution in [0.15, 0.2) is 42.0 Å². The zero-order valence-corrected chi connectivity index (χ0v) is 15.9. The number of aromatic hydroxyl groups is 1. The molecule has 1 aliphatic rings. The van der Waals surface area contributed by atoms with Crippen molar-refractivity contribution < 1.29 is 44.5 Å². The van der Waals surface area contributed by atoms with E-state index in [0.717, 1.165) is 0 Å². The lowest BCUT2D eigenvalue weighted by Crippen LogP contribution is -2.59. The Labute approximate surface area is 172 Å². The summed E-state index contributed by atoms with van der Waals surface area (Å²) in [6, 6.07) is 7.99. The van der Waals surface area contributed by atoms with Crippen LogP contribution < -0.4 is 0 Å². The molecule has 0 amide bonds. The Kier molecular flexibility index (Phi) is 8.94. The van der Waals surface area contributed by atoms with Crippen LogP contribution in [0.5, 0.6) is 5.75 Å². The number of carbonyl (C=O) groups is 1. The Balaban J connectivity index is 1.82. The molecule has 1 aromatic rings. The normalized spacial score (nSPS) is 27.0. The van der Waals surface area contributed by atoms with Gasteiger partial charge in [-0.25, -0.2) is 4.79 Å². The third-order valence-electron chi connectivity index (χ3n) is 4.26. The molecule has 1 heterocycles. The highest BCUT2D eigenvalue weighted by Crippen LogP contribution is 2.22. The van der Waals surface area contributed by atoms with E-state index < -0.39 is 43.3 Å². The largest absolute Gasteiger partial charge is 0.508 e. The Morgan fingerprint density at radius 3 is 2.50 bits per heavy atom. The summed E-state index contributed by atoms with van der Waals surface area (Å²) in [4.78, 5) is 11.7. The average Bonchev–Trinajstić information content (AvgIpc) is 2.75. The molecule has 0 aliphatic carbocycles. The van der Waals surface area contributed by atoms with E-state index in [1.165, 1.54) is 30.4 Å². The number of esters is 1. The van der Waals surface area contributed by atoms with E-state index >= 15 is 0 Å². The molecule has 0 aromatic heterocycles. The smallest absolute Gasteiger partial charge is 0.331 e. The van der Waals surface area contributed by atoms with E-state index in [1.807, 2.05) is 6.07 Å². The summed E-state index contributed by atoms with van der Waals surface area (Å²) in [7, 11) is 0. The quantitative estimate of drug-likeness (QED) is 0.204. The van der Waals surface area contributed by atoms with Gasteiger partial charge in [0.2, 0.25) is 0 Å². The number of phenolic OH excluding ortho intramolecular Hbond substituents is 1. The number of ether oxygens (including phenoxy) is 3. The van der Waals surface area contributed by atoms with Gasteiger partial charge in [0, 0.05) is 6.08 Å². The second-order valence-corrected chi connectivity index (χ2v) is 6.40. The molecule has 1 aromatic carbocycles. The zero-order chi connectivity index (χ0) is 22.1. The van der Waals surface area contributed by atoms with Gasteiger partial charge < -0.3 is 39.7 Å². The maximum Gasteiger partial charge on any atom is 0.331 e. The van der Waals surface area contributed by atoms with Crippen LogP contribution in [0.2, 0.25) is 0 Å². The van der Waals surface area contributed by atoms with Gasteiger partial charge in [-0.15, -0.1) is 0 Å². The van der Waals surface area contributed by atoms with Crippen molar-refractivity contribution in [2.24, 2.45) is 0 Å². The third kappa shape index (κ3) is 6.64. The van der Waals surface area contributed by atoms with E-state index in [-0.39, 0.29) is 24.5 Å². The number of benzene rings is 1. The molecule has 0 spiro atoms. The second-order valence-electron chi connectivity index (χ2n) is 6.40. The Morgan fingerprint density at radius 1 is 1.17 bits per heavy atom. The van der Waals surface area contributed by atoms with Crippen molar-refractivity contribution in [2.75, 3.05) is 19.8 Å². The molecule has 5 N–H and O–H groups in total. The molecule has 1 saturated heterocycles. The number of hydrogen-bond acceptors (Lipinski definition) is 10. The van der Waals surface area contributed by atoms with Crippen molar-refractivity contribution in [2.45, 2.75) is 30.7 Å². The number of hydrogen-bond donors (Lipinski definition) is 5. The lowest BCUT2D eigenvalue weighted by atomic mass is 9.99. The highest BCUT2D eigenvalue weighted by atomic mass is 16.7. The summed E-state index contributed by atoms with van der Waals surface area (Å²) in [5.41, 5.74) is 0.750. The van der Waals surface area contributed by atoms with Crippen molar-refractivity contribution in [1.82, 2.24) is 0 Å². The fourth-order valence-electron chi connectivity index (χ4n) is 2.53. The van der Waals surface area contributed by atoms with E-state index in [1.54, 1.807) is 12.1 Å². The van der Waals surface area contributed by atoms with E-state index in [4.69, 9.17) is 24.6 Å². The van der Waals surface area contributed by atoms with Crippen molar-refractivity contribution in [1.29, 1.82) is 5.26 Å². The van der Waals surface area contributed by atoms with E-state index in [9.17, 15) is 25.2 Å². The first-order valence-electron chi connectivity index (χ1n) is 9.00. The molecule has 1 aliphatic heterocycles. The van der Waals surface area contributed by atoms with Gasteiger partial charge in [0.25, 0.3) is 0 Å². The third-order valence-corrected chi connectivity index (χ3v) is 4.26. The standard InChI is InChI=1S/C20H23NO9/c21-9-13(11-29-16(24)6-3-12-1-4-14(23)5-2-12)7-8-28-20-19(27)18(26)17(25)15(10-22)30-20/h1-7,15,17-20,22-23,25-27H,8,10-11H2/t15-,17-,18+,19-,20-/m1/s1. The van der Waals surface area contributed by atoms with E-state index in [0.29, 0.717) is 5.56 Å². The molecule has 1 fully saturated rings. The maximum absolute atomic E-state index is 11.7. The zero-order valence-electron chi connectivity index (χ0n) is 15.9. The van der Waals surface area contributed by atoms with Crippen LogP contribution in [0.1, 0.15) is 5.56 Å². The number of nitrogens with zero attached hydrogens (tertiary/aromatic N) is 1. The fraction of sp³-hybridized carbons (Fsp3) is 0.400. The number of nitriles is 1. The molecule has 162 valence electrons. The Hall–Kier alpha value is -2.78. The maximum atomic E-state index is 11.7. The van der Waals surface area contributed by atoms with E-state index in [2.05, 4.69) is 0 Å². The minimum absolute atomic E-state index is 0.0750. The van der Waals surface area contributed by atoms with Crippen LogP contribution in [0.25, 0.3) is 6.08 Å². The monoisotopic (exact) mass is 421 g/mol. The first-order valence-corrected chi connectivity index (χ1v) is 9.00. The Morgan fingerprint density at radius 2 is 1.87 bits per heavy atom. The van der Waals surface area contributed by atoms with Crippen LogP contribution in [0.3, 0.4) is 0 Å². The molecular weight excluding hydrogens is 398 g/mol. The predicted molar refractivity (Wildman–Crippen MR) is 102 cm³/mol. The minimum Gasteiger partial charge on any atom is -0.508 e. The SMILES string of the molecule is N#CC(=CCO[C@@H]1O[C@H](CO)[C@@H](O)[C@H](O)[C@H]1O)COC(=O)C=Cc1ccc(O)cc1. The van der Waals surface area contributed by atoms with Crippen LogP contribution >= 0.6 is 0 Å². The van der Waals surface area contributed by atoms with Gasteiger partial charge in [0.15, 0.2) is 6.29 Å². The molecule has 30 heavy (non-hydrogen) atoms. The second kappa shape index (κ2) is 11.4. The topological polar surface area (TPSA) is 170 Å². The molecule has 0 radical (unpaired) electrons. The fourth-order valence-corrected chi connectivity index (χ4v) is 2.53. The lowest BCUT2D eigenvalue weighted by molar-refractivity contribution is -0.298. The first-order chi connectivity index (χ1) is 14.3. The van der Waals surface area contributed by atoms with Gasteiger partial charge in [-0.05, 0) is 29.8 Å². The van der Waals surface area contributed by atoms with Crippen molar-refractivity contribution >= 4 is 12.0 Å². The molecular formula is C20H23NO9. The summed E-state index contributed by atoms with van der Waals surface area (Å²) in [5, 5.41) is 56.7. The molecule has 2 rings (SSSR count). The molecule has 10 heteroatoms. The molecule has 0 unspecified atom stereocenters. The number of carbonyl (C=O) groups excluding carboxylic acids is 1. The van der Waals surface area contributed by atoms with Gasteiger partial charge in [-0.2, -0.15) is 5.26 Å². The summed E-state index contributed by atoms with van der Waals surface area (Å²) in [5.74, 6) is -0.580. The van der Waals surface area contributed by atoms with Crippen LogP contribution in [-0.2, 0) is 19.0 Å². The van der Waals surface area contributed by atoms with Gasteiger partial charge in [0.05, 0.1) is 24.9 Å². The first kappa shape index (κ1) is 23.5. The number of phenols is 1. The molecule has 0 bridgehead atoms. The van der Waals surface area contributed by atoms with Crippen LogP contribution in [0.4, 0.5) is 0 Å². The predicted octanol–water partition coefficient (Wildman–Crippen LogP) is -0.785.